The summed E-state index contributed by atoms with van der Waals surface area (Å²) in [6.07, 6.45) is 0.585. The van der Waals surface area contributed by atoms with Gasteiger partial charge in [0.1, 0.15) is 5.82 Å². The molecule has 0 saturated heterocycles. The molecule has 96 valence electrons. The lowest BCUT2D eigenvalue weighted by molar-refractivity contribution is 0.507. The number of hydrogen-bond donors (Lipinski definition) is 2. The van der Waals surface area contributed by atoms with Crippen molar-refractivity contribution in [2.75, 3.05) is 0 Å². The monoisotopic (exact) mass is 265 g/mol. The number of rotatable bonds is 4. The number of hydrogen-bond acceptors (Lipinski definition) is 4. The van der Waals surface area contributed by atoms with Crippen molar-refractivity contribution in [3.63, 3.8) is 0 Å². The Balaban J connectivity index is 2.25. The number of halogens is 1. The average molecular weight is 265 g/mol. The van der Waals surface area contributed by atoms with Crippen molar-refractivity contribution in [2.24, 2.45) is 5.84 Å². The zero-order chi connectivity index (χ0) is 13.1. The molecule has 1 unspecified atom stereocenters. The molecular weight excluding hydrogens is 249 g/mol. The Labute approximate surface area is 110 Å². The smallest absolute Gasteiger partial charge is 0.128 e. The van der Waals surface area contributed by atoms with Gasteiger partial charge in [0.25, 0.3) is 0 Å². The van der Waals surface area contributed by atoms with E-state index in [0.717, 1.165) is 16.3 Å². The van der Waals surface area contributed by atoms with Crippen molar-refractivity contribution in [1.82, 2.24) is 10.4 Å². The maximum atomic E-state index is 13.8. The number of thiazole rings is 1. The van der Waals surface area contributed by atoms with E-state index in [0.29, 0.717) is 12.0 Å². The lowest BCUT2D eigenvalue weighted by Gasteiger charge is -2.16. The third-order valence-corrected chi connectivity index (χ3v) is 3.63. The minimum Gasteiger partial charge on any atom is -0.271 e. The first kappa shape index (κ1) is 13.1. The van der Waals surface area contributed by atoms with E-state index >= 15 is 0 Å². The van der Waals surface area contributed by atoms with E-state index in [1.54, 1.807) is 17.4 Å². The SMILES string of the molecule is Cc1ccc(F)c(C(Cc2csc(C)n2)NN)c1. The van der Waals surface area contributed by atoms with Gasteiger partial charge >= 0.3 is 0 Å². The van der Waals surface area contributed by atoms with Gasteiger partial charge in [0.2, 0.25) is 0 Å². The molecule has 2 rings (SSSR count). The Bertz CT molecular complexity index is 539. The predicted octanol–water partition coefficient (Wildman–Crippen LogP) is 2.65. The maximum Gasteiger partial charge on any atom is 0.128 e. The molecule has 18 heavy (non-hydrogen) atoms. The zero-order valence-corrected chi connectivity index (χ0v) is 11.2. The van der Waals surface area contributed by atoms with E-state index in [9.17, 15) is 4.39 Å². The molecule has 5 heteroatoms. The van der Waals surface area contributed by atoms with E-state index < -0.39 is 0 Å². The highest BCUT2D eigenvalue weighted by Crippen LogP contribution is 2.22. The summed E-state index contributed by atoms with van der Waals surface area (Å²) in [5.74, 6) is 5.30. The van der Waals surface area contributed by atoms with Crippen molar-refractivity contribution >= 4 is 11.3 Å². The summed E-state index contributed by atoms with van der Waals surface area (Å²) >= 11 is 1.59. The Morgan fingerprint density at radius 2 is 2.22 bits per heavy atom. The highest BCUT2D eigenvalue weighted by Gasteiger charge is 2.16. The normalized spacial score (nSPS) is 12.7. The zero-order valence-electron chi connectivity index (χ0n) is 10.4. The van der Waals surface area contributed by atoms with Crippen LogP contribution < -0.4 is 11.3 Å². The van der Waals surface area contributed by atoms with Gasteiger partial charge in [-0.25, -0.2) is 9.37 Å². The molecule has 2 aromatic rings. The highest BCUT2D eigenvalue weighted by atomic mass is 32.1. The average Bonchev–Trinajstić information content (AvgIpc) is 2.75. The Hall–Kier alpha value is -1.30. The number of nitrogens with one attached hydrogen (secondary N) is 1. The quantitative estimate of drug-likeness (QED) is 0.660. The van der Waals surface area contributed by atoms with Crippen molar-refractivity contribution in [1.29, 1.82) is 0 Å². The molecule has 0 aliphatic rings. The molecule has 0 spiro atoms. The Morgan fingerprint density at radius 3 is 2.83 bits per heavy atom. The minimum atomic E-state index is -0.258. The van der Waals surface area contributed by atoms with Gasteiger partial charge in [-0.05, 0) is 19.9 Å². The van der Waals surface area contributed by atoms with Crippen molar-refractivity contribution in [3.05, 3.63) is 51.2 Å². The molecule has 0 aliphatic carbocycles. The standard InChI is InChI=1S/C13H16FN3S/c1-8-3-4-12(14)11(5-8)13(17-15)6-10-7-18-9(2)16-10/h3-5,7,13,17H,6,15H2,1-2H3. The topological polar surface area (TPSA) is 50.9 Å². The van der Waals surface area contributed by atoms with Crippen molar-refractivity contribution in [3.8, 4) is 0 Å². The van der Waals surface area contributed by atoms with Crippen molar-refractivity contribution < 1.29 is 4.39 Å². The van der Waals surface area contributed by atoms with E-state index in [4.69, 9.17) is 5.84 Å². The largest absolute Gasteiger partial charge is 0.271 e. The number of nitrogens with zero attached hydrogens (tertiary/aromatic N) is 1. The van der Waals surface area contributed by atoms with Gasteiger partial charge in [-0.15, -0.1) is 11.3 Å². The highest BCUT2D eigenvalue weighted by molar-refractivity contribution is 7.09. The molecule has 3 N–H and O–H groups in total. The molecule has 0 radical (unpaired) electrons. The first-order chi connectivity index (χ1) is 8.60. The third kappa shape index (κ3) is 2.93. The second-order valence-corrected chi connectivity index (χ2v) is 5.37. The van der Waals surface area contributed by atoms with Gasteiger partial charge in [-0.2, -0.15) is 0 Å². The van der Waals surface area contributed by atoms with Gasteiger partial charge in [0.15, 0.2) is 0 Å². The fourth-order valence-electron chi connectivity index (χ4n) is 1.90. The first-order valence-electron chi connectivity index (χ1n) is 5.73. The van der Waals surface area contributed by atoms with Crippen LogP contribution in [0.15, 0.2) is 23.6 Å². The summed E-state index contributed by atoms with van der Waals surface area (Å²) in [5, 5.41) is 2.98. The molecule has 0 bridgehead atoms. The van der Waals surface area contributed by atoms with Crippen LogP contribution >= 0.6 is 11.3 Å². The Morgan fingerprint density at radius 1 is 1.44 bits per heavy atom. The molecule has 3 nitrogen and oxygen atoms in total. The van der Waals surface area contributed by atoms with Gasteiger partial charge < -0.3 is 0 Å². The van der Waals surface area contributed by atoms with E-state index in [1.165, 1.54) is 6.07 Å². The first-order valence-corrected chi connectivity index (χ1v) is 6.61. The second-order valence-electron chi connectivity index (χ2n) is 4.31. The molecule has 1 heterocycles. The molecule has 0 fully saturated rings. The summed E-state index contributed by atoms with van der Waals surface area (Å²) in [6, 6.07) is 4.78. The van der Waals surface area contributed by atoms with Gasteiger partial charge in [-0.1, -0.05) is 17.7 Å². The van der Waals surface area contributed by atoms with E-state index in [2.05, 4.69) is 10.4 Å². The minimum absolute atomic E-state index is 0.240. The lowest BCUT2D eigenvalue weighted by Crippen LogP contribution is -2.30. The van der Waals surface area contributed by atoms with E-state index in [1.807, 2.05) is 25.3 Å². The number of aryl methyl sites for hydroxylation is 2. The van der Waals surface area contributed by atoms with Gasteiger partial charge in [0, 0.05) is 17.4 Å². The van der Waals surface area contributed by atoms with Crippen LogP contribution in [0.1, 0.15) is 27.9 Å². The molecular formula is C13H16FN3S. The number of aromatic nitrogens is 1. The van der Waals surface area contributed by atoms with Crippen molar-refractivity contribution in [2.45, 2.75) is 26.3 Å². The predicted molar refractivity (Wildman–Crippen MR) is 71.8 cm³/mol. The summed E-state index contributed by atoms with van der Waals surface area (Å²) < 4.78 is 13.8. The lowest BCUT2D eigenvalue weighted by atomic mass is 10.0. The van der Waals surface area contributed by atoms with Crippen LogP contribution in [0.5, 0.6) is 0 Å². The second kappa shape index (κ2) is 5.56. The summed E-state index contributed by atoms with van der Waals surface area (Å²) in [7, 11) is 0. The molecule has 1 aromatic carbocycles. The van der Waals surface area contributed by atoms with Crippen LogP contribution in [0, 0.1) is 19.7 Å². The number of benzene rings is 1. The van der Waals surface area contributed by atoms with Crippen LogP contribution in [0.4, 0.5) is 4.39 Å². The third-order valence-electron chi connectivity index (χ3n) is 2.81. The number of hydrazine groups is 1. The molecule has 0 saturated carbocycles. The van der Waals surface area contributed by atoms with Gasteiger partial charge in [0.05, 0.1) is 16.7 Å². The molecule has 0 amide bonds. The van der Waals surface area contributed by atoms with Crippen LogP contribution in [-0.2, 0) is 6.42 Å². The summed E-state index contributed by atoms with van der Waals surface area (Å²) in [5.41, 5.74) is 5.20. The molecule has 0 aliphatic heterocycles. The fraction of sp³-hybridized carbons (Fsp3) is 0.308. The fourth-order valence-corrected chi connectivity index (χ4v) is 2.53. The number of nitrogens with two attached hydrogens (primary N) is 1. The Kier molecular flexibility index (Phi) is 4.06. The summed E-state index contributed by atoms with van der Waals surface area (Å²) in [4.78, 5) is 4.38. The molecule has 1 atom stereocenters. The van der Waals surface area contributed by atoms with Crippen LogP contribution in [0.3, 0.4) is 0 Å². The van der Waals surface area contributed by atoms with Gasteiger partial charge in [-0.3, -0.25) is 11.3 Å². The maximum absolute atomic E-state index is 13.8. The van der Waals surface area contributed by atoms with Crippen LogP contribution in [-0.4, -0.2) is 4.98 Å². The molecule has 1 aromatic heterocycles. The van der Waals surface area contributed by atoms with Crippen LogP contribution in [0.2, 0.25) is 0 Å². The summed E-state index contributed by atoms with van der Waals surface area (Å²) in [6.45, 7) is 3.88. The van der Waals surface area contributed by atoms with Crippen LogP contribution in [0.25, 0.3) is 0 Å². The van der Waals surface area contributed by atoms with E-state index in [-0.39, 0.29) is 11.9 Å².